The zero-order valence-electron chi connectivity index (χ0n) is 11.1. The second-order valence-corrected chi connectivity index (χ2v) is 4.81. The number of carbonyl (C=O) groups excluding carboxylic acids is 1. The average molecular weight is 339 g/mol. The Morgan fingerprint density at radius 3 is 2.95 bits per heavy atom. The second kappa shape index (κ2) is 7.21. The van der Waals surface area contributed by atoms with Crippen LogP contribution in [0.4, 0.5) is 0 Å². The summed E-state index contributed by atoms with van der Waals surface area (Å²) < 4.78 is 9.88. The van der Waals surface area contributed by atoms with Crippen molar-refractivity contribution in [3.63, 3.8) is 0 Å². The van der Waals surface area contributed by atoms with E-state index in [0.29, 0.717) is 18.9 Å². The van der Waals surface area contributed by atoms with Gasteiger partial charge in [-0.25, -0.2) is 0 Å². The van der Waals surface area contributed by atoms with Crippen LogP contribution in [0.2, 0.25) is 0 Å². The molecule has 0 aliphatic rings. The van der Waals surface area contributed by atoms with Crippen LogP contribution in [0.15, 0.2) is 34.9 Å². The number of carbonyl (C=O) groups is 1. The summed E-state index contributed by atoms with van der Waals surface area (Å²) >= 11 is 3.40. The third-order valence-corrected chi connectivity index (χ3v) is 3.32. The van der Waals surface area contributed by atoms with E-state index in [2.05, 4.69) is 26.4 Å². The number of nitrogens with zero attached hydrogens (tertiary/aromatic N) is 1. The van der Waals surface area contributed by atoms with Gasteiger partial charge in [-0.1, -0.05) is 45.4 Å². The molecule has 0 aliphatic heterocycles. The number of halogens is 1. The van der Waals surface area contributed by atoms with Crippen molar-refractivity contribution in [2.24, 2.45) is 0 Å². The van der Waals surface area contributed by atoms with Crippen molar-refractivity contribution in [2.45, 2.75) is 18.5 Å². The van der Waals surface area contributed by atoms with E-state index in [1.54, 1.807) is 13.2 Å². The molecule has 0 atom stereocenters. The average Bonchev–Trinajstić information content (AvgIpc) is 2.94. The van der Waals surface area contributed by atoms with Crippen LogP contribution >= 0.6 is 15.9 Å². The fourth-order valence-electron chi connectivity index (χ4n) is 1.73. The van der Waals surface area contributed by atoms with E-state index in [1.165, 1.54) is 5.56 Å². The van der Waals surface area contributed by atoms with E-state index < -0.39 is 0 Å². The number of methoxy groups -OCH3 is 1. The van der Waals surface area contributed by atoms with E-state index >= 15 is 0 Å². The number of ether oxygens (including phenoxy) is 1. The van der Waals surface area contributed by atoms with Crippen LogP contribution in [0.3, 0.4) is 0 Å². The molecule has 2 rings (SSSR count). The number of hydrogen-bond acceptors (Lipinski definition) is 4. The largest absolute Gasteiger partial charge is 0.377 e. The molecule has 0 saturated carbocycles. The minimum atomic E-state index is -0.264. The number of amides is 1. The predicted octanol–water partition coefficient (Wildman–Crippen LogP) is 2.65. The monoisotopic (exact) mass is 338 g/mol. The maximum Gasteiger partial charge on any atom is 0.273 e. The number of aromatic nitrogens is 1. The molecule has 1 amide bonds. The van der Waals surface area contributed by atoms with Gasteiger partial charge in [0.05, 0.1) is 0 Å². The Morgan fingerprint density at radius 1 is 1.40 bits per heavy atom. The molecule has 0 saturated heterocycles. The van der Waals surface area contributed by atoms with Gasteiger partial charge in [-0.15, -0.1) is 0 Å². The van der Waals surface area contributed by atoms with Crippen LogP contribution in [-0.4, -0.2) is 18.2 Å². The predicted molar refractivity (Wildman–Crippen MR) is 77.5 cm³/mol. The van der Waals surface area contributed by atoms with Crippen molar-refractivity contribution in [2.75, 3.05) is 7.11 Å². The maximum absolute atomic E-state index is 11.9. The van der Waals surface area contributed by atoms with Gasteiger partial charge in [0.1, 0.15) is 6.61 Å². The van der Waals surface area contributed by atoms with Crippen molar-refractivity contribution in [3.05, 3.63) is 52.9 Å². The van der Waals surface area contributed by atoms with Crippen LogP contribution in [0.1, 0.15) is 27.4 Å². The summed E-state index contributed by atoms with van der Waals surface area (Å²) in [7, 11) is 1.55. The second-order valence-electron chi connectivity index (χ2n) is 4.25. The van der Waals surface area contributed by atoms with Gasteiger partial charge in [0, 0.05) is 25.1 Å². The van der Waals surface area contributed by atoms with E-state index in [9.17, 15) is 4.79 Å². The summed E-state index contributed by atoms with van der Waals surface area (Å²) in [4.78, 5) is 11.9. The highest BCUT2D eigenvalue weighted by atomic mass is 79.9. The minimum absolute atomic E-state index is 0.258. The summed E-state index contributed by atoms with van der Waals surface area (Å²) in [6.07, 6.45) is 0. The number of alkyl halides is 1. The highest BCUT2D eigenvalue weighted by Crippen LogP contribution is 2.09. The van der Waals surface area contributed by atoms with E-state index in [-0.39, 0.29) is 11.6 Å². The lowest BCUT2D eigenvalue weighted by Crippen LogP contribution is -2.23. The smallest absolute Gasteiger partial charge is 0.273 e. The third kappa shape index (κ3) is 3.91. The third-order valence-electron chi connectivity index (χ3n) is 2.68. The Labute approximate surface area is 125 Å². The molecule has 0 aliphatic carbocycles. The SMILES string of the molecule is COCc1cc(C(=O)NCc2cccc(CBr)c2)no1. The first kappa shape index (κ1) is 14.7. The van der Waals surface area contributed by atoms with Gasteiger partial charge in [-0.05, 0) is 11.1 Å². The highest BCUT2D eigenvalue weighted by molar-refractivity contribution is 9.08. The van der Waals surface area contributed by atoms with Crippen LogP contribution in [-0.2, 0) is 23.2 Å². The first-order valence-corrected chi connectivity index (χ1v) is 7.21. The highest BCUT2D eigenvalue weighted by Gasteiger charge is 2.12. The van der Waals surface area contributed by atoms with Crippen molar-refractivity contribution in [1.29, 1.82) is 0 Å². The van der Waals surface area contributed by atoms with Gasteiger partial charge in [-0.3, -0.25) is 4.79 Å². The van der Waals surface area contributed by atoms with E-state index in [1.807, 2.05) is 24.3 Å². The summed E-state index contributed by atoms with van der Waals surface area (Å²) in [5.41, 5.74) is 2.46. The Balaban J connectivity index is 1.93. The Bertz CT molecular complexity index is 583. The molecule has 5 nitrogen and oxygen atoms in total. The molecule has 6 heteroatoms. The summed E-state index contributed by atoms with van der Waals surface area (Å²) in [5.74, 6) is 0.263. The Hall–Kier alpha value is -1.66. The molecule has 20 heavy (non-hydrogen) atoms. The molecule has 0 unspecified atom stereocenters. The molecular weight excluding hydrogens is 324 g/mol. The van der Waals surface area contributed by atoms with E-state index in [4.69, 9.17) is 9.26 Å². The van der Waals surface area contributed by atoms with Gasteiger partial charge in [-0.2, -0.15) is 0 Å². The molecule has 106 valence electrons. The molecule has 0 radical (unpaired) electrons. The molecule has 1 N–H and O–H groups in total. The zero-order valence-corrected chi connectivity index (χ0v) is 12.6. The number of rotatable bonds is 6. The number of nitrogens with one attached hydrogen (secondary N) is 1. The summed E-state index contributed by atoms with van der Waals surface area (Å²) in [6.45, 7) is 0.750. The topological polar surface area (TPSA) is 64.4 Å². The fraction of sp³-hybridized carbons (Fsp3) is 0.286. The number of hydrogen-bond donors (Lipinski definition) is 1. The lowest BCUT2D eigenvalue weighted by atomic mass is 10.1. The first-order chi connectivity index (χ1) is 9.72. The van der Waals surface area contributed by atoms with Gasteiger partial charge < -0.3 is 14.6 Å². The Kier molecular flexibility index (Phi) is 5.31. The molecular formula is C14H15BrN2O3. The molecule has 1 aromatic carbocycles. The standard InChI is InChI=1S/C14H15BrN2O3/c1-19-9-12-6-13(17-20-12)14(18)16-8-11-4-2-3-10(5-11)7-15/h2-6H,7-9H2,1H3,(H,16,18). The summed E-state index contributed by atoms with van der Waals surface area (Å²) in [6, 6.07) is 9.56. The zero-order chi connectivity index (χ0) is 14.4. The lowest BCUT2D eigenvalue weighted by Gasteiger charge is -2.04. The van der Waals surface area contributed by atoms with Gasteiger partial charge in [0.2, 0.25) is 0 Å². The van der Waals surface area contributed by atoms with Gasteiger partial charge >= 0.3 is 0 Å². The van der Waals surface area contributed by atoms with Crippen molar-refractivity contribution in [3.8, 4) is 0 Å². The molecule has 0 spiro atoms. The molecule has 2 aromatic rings. The van der Waals surface area contributed by atoms with Gasteiger partial charge in [0.15, 0.2) is 11.5 Å². The fourth-order valence-corrected chi connectivity index (χ4v) is 2.07. The van der Waals surface area contributed by atoms with Crippen LogP contribution in [0.5, 0.6) is 0 Å². The lowest BCUT2D eigenvalue weighted by molar-refractivity contribution is 0.0941. The minimum Gasteiger partial charge on any atom is -0.377 e. The molecule has 0 bridgehead atoms. The van der Waals surface area contributed by atoms with Crippen molar-refractivity contribution in [1.82, 2.24) is 10.5 Å². The molecule has 1 aromatic heterocycles. The Morgan fingerprint density at radius 2 is 2.20 bits per heavy atom. The van der Waals surface area contributed by atoms with Crippen LogP contribution in [0.25, 0.3) is 0 Å². The van der Waals surface area contributed by atoms with Gasteiger partial charge in [0.25, 0.3) is 5.91 Å². The normalized spacial score (nSPS) is 10.5. The first-order valence-electron chi connectivity index (χ1n) is 6.09. The molecule has 0 fully saturated rings. The van der Waals surface area contributed by atoms with E-state index in [0.717, 1.165) is 10.9 Å². The van der Waals surface area contributed by atoms with Crippen molar-refractivity contribution < 1.29 is 14.1 Å². The van der Waals surface area contributed by atoms with Crippen LogP contribution in [0, 0.1) is 0 Å². The number of benzene rings is 1. The maximum atomic E-state index is 11.9. The summed E-state index contributed by atoms with van der Waals surface area (Å²) in [5, 5.41) is 7.30. The van der Waals surface area contributed by atoms with Crippen molar-refractivity contribution >= 4 is 21.8 Å². The quantitative estimate of drug-likeness (QED) is 0.822. The molecule has 1 heterocycles. The van der Waals surface area contributed by atoms with Crippen LogP contribution < -0.4 is 5.32 Å².